The predicted octanol–water partition coefficient (Wildman–Crippen LogP) is 0.642. The maximum Gasteiger partial charge on any atom is 0.147 e. The van der Waals surface area contributed by atoms with Gasteiger partial charge in [0.25, 0.3) is 0 Å². The van der Waals surface area contributed by atoms with Crippen molar-refractivity contribution in [3.05, 3.63) is 0 Å². The minimum absolute atomic E-state index is 0.168. The molecule has 2 rings (SSSR count). The zero-order chi connectivity index (χ0) is 10.5. The number of ether oxygens (including phenoxy) is 2. The monoisotopic (exact) mass is 215 g/mol. The molecule has 2 N–H and O–H groups in total. The van der Waals surface area contributed by atoms with Crippen LogP contribution in [0.25, 0.3) is 0 Å². The molecule has 1 aliphatic heterocycles. The normalized spacial score (nSPS) is 37.8. The molecule has 1 saturated heterocycles. The molecule has 88 valence electrons. The Balaban J connectivity index is 1.67. The van der Waals surface area contributed by atoms with Crippen LogP contribution in [0.15, 0.2) is 0 Å². The smallest absolute Gasteiger partial charge is 0.147 e. The highest BCUT2D eigenvalue weighted by molar-refractivity contribution is 4.81. The summed E-state index contributed by atoms with van der Waals surface area (Å²) in [6.45, 7) is 2.05. The molecule has 1 aliphatic carbocycles. The molecule has 0 amide bonds. The number of nitrogens with one attached hydrogen (secondary N) is 1. The summed E-state index contributed by atoms with van der Waals surface area (Å²) in [6, 6.07) is 0.269. The van der Waals surface area contributed by atoms with Crippen LogP contribution < -0.4 is 5.32 Å². The van der Waals surface area contributed by atoms with E-state index >= 15 is 0 Å². The number of rotatable bonds is 3. The van der Waals surface area contributed by atoms with E-state index in [1.54, 1.807) is 0 Å². The molecule has 3 atom stereocenters. The lowest BCUT2D eigenvalue weighted by molar-refractivity contribution is -0.138. The summed E-state index contributed by atoms with van der Waals surface area (Å²) in [6.07, 6.45) is 5.45. The zero-order valence-corrected chi connectivity index (χ0v) is 9.15. The van der Waals surface area contributed by atoms with Crippen molar-refractivity contribution in [1.29, 1.82) is 0 Å². The lowest BCUT2D eigenvalue weighted by atomic mass is 9.92. The molecule has 2 fully saturated rings. The quantitative estimate of drug-likeness (QED) is 0.725. The fourth-order valence-corrected chi connectivity index (χ4v) is 2.29. The van der Waals surface area contributed by atoms with E-state index in [9.17, 15) is 5.11 Å². The Morgan fingerprint density at radius 2 is 2.07 bits per heavy atom. The summed E-state index contributed by atoms with van der Waals surface area (Å²) in [5.41, 5.74) is 0. The standard InChI is InChI=1S/C11H21NO3/c13-11-4-2-1-3-10(11)12-7-9-5-6-14-8-15-9/h9-13H,1-8H2. The van der Waals surface area contributed by atoms with Crippen LogP contribution in [0.4, 0.5) is 0 Å². The fourth-order valence-electron chi connectivity index (χ4n) is 2.29. The first-order valence-corrected chi connectivity index (χ1v) is 5.97. The van der Waals surface area contributed by atoms with Gasteiger partial charge in [-0.1, -0.05) is 12.8 Å². The molecule has 2 aliphatic rings. The van der Waals surface area contributed by atoms with Gasteiger partial charge in [0.05, 0.1) is 18.8 Å². The largest absolute Gasteiger partial charge is 0.392 e. The Labute approximate surface area is 90.9 Å². The Morgan fingerprint density at radius 1 is 1.20 bits per heavy atom. The molecular weight excluding hydrogens is 194 g/mol. The number of hydrogen-bond acceptors (Lipinski definition) is 4. The van der Waals surface area contributed by atoms with Crippen LogP contribution >= 0.6 is 0 Å². The second-order valence-electron chi connectivity index (χ2n) is 4.47. The molecule has 4 heteroatoms. The predicted molar refractivity (Wildman–Crippen MR) is 56.6 cm³/mol. The number of aliphatic hydroxyl groups is 1. The van der Waals surface area contributed by atoms with Gasteiger partial charge in [0.1, 0.15) is 6.79 Å². The summed E-state index contributed by atoms with van der Waals surface area (Å²) in [5.74, 6) is 0. The lowest BCUT2D eigenvalue weighted by Gasteiger charge is -2.31. The van der Waals surface area contributed by atoms with Gasteiger partial charge < -0.3 is 19.9 Å². The van der Waals surface area contributed by atoms with Crippen molar-refractivity contribution in [3.63, 3.8) is 0 Å². The molecule has 1 saturated carbocycles. The third kappa shape index (κ3) is 3.41. The molecular formula is C11H21NO3. The van der Waals surface area contributed by atoms with E-state index in [1.807, 2.05) is 0 Å². The minimum atomic E-state index is -0.168. The van der Waals surface area contributed by atoms with Gasteiger partial charge in [-0.15, -0.1) is 0 Å². The van der Waals surface area contributed by atoms with Crippen LogP contribution in [0, 0.1) is 0 Å². The number of hydrogen-bond donors (Lipinski definition) is 2. The molecule has 0 spiro atoms. The van der Waals surface area contributed by atoms with E-state index < -0.39 is 0 Å². The zero-order valence-electron chi connectivity index (χ0n) is 9.15. The van der Waals surface area contributed by atoms with Crippen molar-refractivity contribution in [1.82, 2.24) is 5.32 Å². The molecule has 0 aromatic rings. The van der Waals surface area contributed by atoms with Gasteiger partial charge in [-0.2, -0.15) is 0 Å². The second kappa shape index (κ2) is 5.80. The Hall–Kier alpha value is -0.160. The van der Waals surface area contributed by atoms with Gasteiger partial charge >= 0.3 is 0 Å². The van der Waals surface area contributed by atoms with E-state index in [4.69, 9.17) is 9.47 Å². The molecule has 1 heterocycles. The molecule has 0 aromatic carbocycles. The van der Waals surface area contributed by atoms with Crippen molar-refractivity contribution in [3.8, 4) is 0 Å². The van der Waals surface area contributed by atoms with Crippen molar-refractivity contribution in [2.45, 2.75) is 50.4 Å². The van der Waals surface area contributed by atoms with E-state index in [2.05, 4.69) is 5.32 Å². The van der Waals surface area contributed by atoms with E-state index in [0.717, 1.165) is 38.8 Å². The van der Waals surface area contributed by atoms with Crippen LogP contribution in [0.3, 0.4) is 0 Å². The summed E-state index contributed by atoms with van der Waals surface area (Å²) in [5, 5.41) is 13.2. The summed E-state index contributed by atoms with van der Waals surface area (Å²) in [4.78, 5) is 0. The molecule has 0 bridgehead atoms. The van der Waals surface area contributed by atoms with Crippen molar-refractivity contribution < 1.29 is 14.6 Å². The van der Waals surface area contributed by atoms with Crippen LogP contribution in [0.2, 0.25) is 0 Å². The minimum Gasteiger partial charge on any atom is -0.392 e. The van der Waals surface area contributed by atoms with Gasteiger partial charge in [-0.25, -0.2) is 0 Å². The summed E-state index contributed by atoms with van der Waals surface area (Å²) in [7, 11) is 0. The highest BCUT2D eigenvalue weighted by Gasteiger charge is 2.24. The van der Waals surface area contributed by atoms with Crippen LogP contribution in [0.1, 0.15) is 32.1 Å². The maximum atomic E-state index is 9.77. The van der Waals surface area contributed by atoms with Gasteiger partial charge in [-0.05, 0) is 19.3 Å². The maximum absolute atomic E-state index is 9.77. The molecule has 4 nitrogen and oxygen atoms in total. The molecule has 3 unspecified atom stereocenters. The summed E-state index contributed by atoms with van der Waals surface area (Å²) < 4.78 is 10.6. The van der Waals surface area contributed by atoms with Gasteiger partial charge in [0.15, 0.2) is 0 Å². The van der Waals surface area contributed by atoms with Gasteiger partial charge in [-0.3, -0.25) is 0 Å². The second-order valence-corrected chi connectivity index (χ2v) is 4.47. The average molecular weight is 215 g/mol. The topological polar surface area (TPSA) is 50.7 Å². The molecule has 0 aromatic heterocycles. The van der Waals surface area contributed by atoms with Crippen molar-refractivity contribution in [2.24, 2.45) is 0 Å². The SMILES string of the molecule is OC1CCCCC1NCC1CCOCO1. The Morgan fingerprint density at radius 3 is 2.80 bits per heavy atom. The third-order valence-electron chi connectivity index (χ3n) is 3.31. The van der Waals surface area contributed by atoms with Gasteiger partial charge in [0, 0.05) is 12.6 Å². The van der Waals surface area contributed by atoms with E-state index in [0.29, 0.717) is 6.79 Å². The molecule has 15 heavy (non-hydrogen) atoms. The van der Waals surface area contributed by atoms with Crippen molar-refractivity contribution in [2.75, 3.05) is 19.9 Å². The van der Waals surface area contributed by atoms with Crippen LogP contribution in [0.5, 0.6) is 0 Å². The van der Waals surface area contributed by atoms with E-state index in [-0.39, 0.29) is 18.2 Å². The van der Waals surface area contributed by atoms with Crippen molar-refractivity contribution >= 4 is 0 Å². The van der Waals surface area contributed by atoms with Gasteiger partial charge in [0.2, 0.25) is 0 Å². The Bertz CT molecular complexity index is 183. The third-order valence-corrected chi connectivity index (χ3v) is 3.31. The van der Waals surface area contributed by atoms with Crippen LogP contribution in [-0.4, -0.2) is 43.3 Å². The first-order valence-electron chi connectivity index (χ1n) is 5.97. The summed E-state index contributed by atoms with van der Waals surface area (Å²) >= 11 is 0. The van der Waals surface area contributed by atoms with Crippen LogP contribution in [-0.2, 0) is 9.47 Å². The first-order chi connectivity index (χ1) is 7.36. The van der Waals surface area contributed by atoms with E-state index in [1.165, 1.54) is 6.42 Å². The Kier molecular flexibility index (Phi) is 4.38. The first kappa shape index (κ1) is 11.3. The highest BCUT2D eigenvalue weighted by Crippen LogP contribution is 2.18. The average Bonchev–Trinajstić information content (AvgIpc) is 2.29. The highest BCUT2D eigenvalue weighted by atomic mass is 16.7. The fraction of sp³-hybridized carbons (Fsp3) is 1.00. The number of aliphatic hydroxyl groups excluding tert-OH is 1. The lowest BCUT2D eigenvalue weighted by Crippen LogP contribution is -2.46. The molecule has 0 radical (unpaired) electrons.